The predicted molar refractivity (Wildman–Crippen MR) is 245 cm³/mol. The summed E-state index contributed by atoms with van der Waals surface area (Å²) in [6, 6.07) is 19.1. The van der Waals surface area contributed by atoms with Crippen LogP contribution in [0.1, 0.15) is 62.1 Å². The quantitative estimate of drug-likeness (QED) is 0.0516. The summed E-state index contributed by atoms with van der Waals surface area (Å²) in [4.78, 5) is 107. The van der Waals surface area contributed by atoms with Gasteiger partial charge in [0.2, 0.25) is 41.4 Å². The van der Waals surface area contributed by atoms with Crippen molar-refractivity contribution in [3.05, 3.63) is 108 Å². The number of carbonyl (C=O) groups is 7. The highest BCUT2D eigenvalue weighted by Crippen LogP contribution is 2.22. The van der Waals surface area contributed by atoms with Crippen molar-refractivity contribution in [3.8, 4) is 0 Å². The molecule has 2 aliphatic rings. The Morgan fingerprint density at radius 3 is 2.12 bits per heavy atom. The van der Waals surface area contributed by atoms with Gasteiger partial charge in [0.1, 0.15) is 36.3 Å². The van der Waals surface area contributed by atoms with Crippen LogP contribution in [0.25, 0.3) is 10.9 Å². The van der Waals surface area contributed by atoms with Gasteiger partial charge in [0.15, 0.2) is 5.96 Å². The molecule has 6 atom stereocenters. The second kappa shape index (κ2) is 22.9. The Bertz CT molecular complexity index is 2330. The van der Waals surface area contributed by atoms with E-state index in [1.165, 1.54) is 11.8 Å². The van der Waals surface area contributed by atoms with Gasteiger partial charge < -0.3 is 53.3 Å². The van der Waals surface area contributed by atoms with E-state index in [2.05, 4.69) is 41.9 Å². The number of guanidine groups is 1. The number of aromatic amines is 1. The van der Waals surface area contributed by atoms with Crippen molar-refractivity contribution >= 4 is 58.2 Å². The molecular weight excluding hydrogens is 831 g/mol. The van der Waals surface area contributed by atoms with Crippen molar-refractivity contribution in [3.63, 3.8) is 0 Å². The molecule has 3 heterocycles. The number of amides is 7. The van der Waals surface area contributed by atoms with Gasteiger partial charge in [-0.1, -0.05) is 78.9 Å². The number of rotatable bonds is 13. The van der Waals surface area contributed by atoms with Crippen LogP contribution in [0.15, 0.2) is 96.1 Å². The van der Waals surface area contributed by atoms with E-state index >= 15 is 0 Å². The third-order valence-electron chi connectivity index (χ3n) is 11.6. The summed E-state index contributed by atoms with van der Waals surface area (Å²) in [5.41, 5.74) is 14.2. The van der Waals surface area contributed by atoms with E-state index in [4.69, 9.17) is 11.5 Å². The molecule has 65 heavy (non-hydrogen) atoms. The Kier molecular flexibility index (Phi) is 16.7. The van der Waals surface area contributed by atoms with Gasteiger partial charge in [-0.2, -0.15) is 0 Å². The second-order valence-corrected chi connectivity index (χ2v) is 16.5. The van der Waals surface area contributed by atoms with Gasteiger partial charge in [-0.15, -0.1) is 0 Å². The van der Waals surface area contributed by atoms with Crippen LogP contribution in [0.5, 0.6) is 0 Å². The minimum atomic E-state index is -1.19. The third kappa shape index (κ3) is 13.4. The molecule has 6 rings (SSSR count). The van der Waals surface area contributed by atoms with Crippen molar-refractivity contribution in [1.82, 2.24) is 41.8 Å². The molecule has 0 saturated carbocycles. The first kappa shape index (κ1) is 47.2. The van der Waals surface area contributed by atoms with Gasteiger partial charge in [-0.25, -0.2) is 0 Å². The lowest BCUT2D eigenvalue weighted by Crippen LogP contribution is -2.60. The molecule has 3 aromatic carbocycles. The van der Waals surface area contributed by atoms with E-state index in [1.807, 2.05) is 84.9 Å². The number of nitrogens with one attached hydrogen (secondary N) is 7. The van der Waals surface area contributed by atoms with Crippen molar-refractivity contribution in [1.29, 1.82) is 0 Å². The van der Waals surface area contributed by atoms with Gasteiger partial charge in [0, 0.05) is 62.9 Å². The maximum Gasteiger partial charge on any atom is 0.245 e. The van der Waals surface area contributed by atoms with Gasteiger partial charge in [0.05, 0.1) is 0 Å². The SMILES string of the molecule is CC(=O)N[C@@H](Cc1ccccc1)C(=O)N[C@H]1CCCNC(=O)C(CCCN=C(N)N)NC(=O)C(Cc2c[nH]c3ccccc23)NC(=O)[C@@H](Cc2ccccc2)NC(=O)C2CCCN2C1=O. The Morgan fingerprint density at radius 1 is 0.769 bits per heavy atom. The maximum atomic E-state index is 14.6. The minimum Gasteiger partial charge on any atom is -0.370 e. The van der Waals surface area contributed by atoms with Crippen LogP contribution in [0.3, 0.4) is 0 Å². The fraction of sp³-hybridized carbons (Fsp3) is 0.404. The minimum absolute atomic E-state index is 0.0437. The Hall–Kier alpha value is -7.24. The fourth-order valence-corrected chi connectivity index (χ4v) is 8.35. The smallest absolute Gasteiger partial charge is 0.245 e. The van der Waals surface area contributed by atoms with Gasteiger partial charge in [0.25, 0.3) is 0 Å². The van der Waals surface area contributed by atoms with Crippen LogP contribution in [0.4, 0.5) is 0 Å². The number of aromatic nitrogens is 1. The van der Waals surface area contributed by atoms with E-state index in [9.17, 15) is 33.6 Å². The summed E-state index contributed by atoms with van der Waals surface area (Å²) >= 11 is 0. The molecule has 3 unspecified atom stereocenters. The Labute approximate surface area is 377 Å². The normalized spacial score (nSPS) is 21.6. The highest BCUT2D eigenvalue weighted by atomic mass is 16.2. The average Bonchev–Trinajstić information content (AvgIpc) is 3.95. The van der Waals surface area contributed by atoms with Gasteiger partial charge >= 0.3 is 0 Å². The van der Waals surface area contributed by atoms with E-state index < -0.39 is 77.6 Å². The molecule has 2 saturated heterocycles. The number of aliphatic imine (C=N–C) groups is 1. The number of hydrogen-bond acceptors (Lipinski definition) is 8. The van der Waals surface area contributed by atoms with Crippen LogP contribution >= 0.6 is 0 Å². The first-order chi connectivity index (χ1) is 31.4. The summed E-state index contributed by atoms with van der Waals surface area (Å²) in [5.74, 6) is -4.04. The third-order valence-corrected chi connectivity index (χ3v) is 11.6. The molecule has 18 heteroatoms. The zero-order chi connectivity index (χ0) is 46.3. The van der Waals surface area contributed by atoms with E-state index in [0.717, 1.165) is 27.6 Å². The fourth-order valence-electron chi connectivity index (χ4n) is 8.35. The molecule has 7 amide bonds. The first-order valence-corrected chi connectivity index (χ1v) is 22.1. The molecule has 11 N–H and O–H groups in total. The lowest BCUT2D eigenvalue weighted by molar-refractivity contribution is -0.142. The summed E-state index contributed by atoms with van der Waals surface area (Å²) < 4.78 is 0. The van der Waals surface area contributed by atoms with Gasteiger partial charge in [-0.05, 0) is 61.3 Å². The standard InChI is InChI=1S/C47H59N11O7/c1-29(59)53-37(25-30-13-4-2-5-14-30)42(61)55-36-20-11-22-50-41(60)35(19-10-23-51-47(48)49)54-44(63)39(27-32-28-52-34-18-9-8-17-33(32)34)56-43(62)38(26-31-15-6-3-7-16-31)57-45(64)40-21-12-24-58(40)46(36)65/h2-9,13-18,28,35-40,52H,10-12,19-27H2,1H3,(H,50,60)(H,53,59)(H,54,63)(H,55,61)(H,56,62)(H,57,64)(H4,48,49,51)/t35?,36-,37-,38+,39?,40?/m0/s1. The summed E-state index contributed by atoms with van der Waals surface area (Å²) in [5, 5.41) is 17.9. The topological polar surface area (TPSA) is 275 Å². The monoisotopic (exact) mass is 889 g/mol. The van der Waals surface area contributed by atoms with Crippen molar-refractivity contribution in [2.75, 3.05) is 19.6 Å². The second-order valence-electron chi connectivity index (χ2n) is 16.5. The van der Waals surface area contributed by atoms with E-state index in [1.54, 1.807) is 6.20 Å². The van der Waals surface area contributed by atoms with Crippen LogP contribution in [-0.4, -0.2) is 113 Å². The molecule has 0 radical (unpaired) electrons. The predicted octanol–water partition coefficient (Wildman–Crippen LogP) is 0.594. The van der Waals surface area contributed by atoms with Crippen LogP contribution in [0, 0.1) is 0 Å². The molecular formula is C47H59N11O7. The number of para-hydroxylation sites is 1. The molecule has 0 bridgehead atoms. The number of carbonyl (C=O) groups excluding carboxylic acids is 7. The summed E-state index contributed by atoms with van der Waals surface area (Å²) in [7, 11) is 0. The molecule has 344 valence electrons. The number of nitrogens with two attached hydrogens (primary N) is 2. The van der Waals surface area contributed by atoms with Gasteiger partial charge in [-0.3, -0.25) is 38.6 Å². The van der Waals surface area contributed by atoms with Crippen LogP contribution in [-0.2, 0) is 52.8 Å². The lowest BCUT2D eigenvalue weighted by atomic mass is 10.0. The molecule has 18 nitrogen and oxygen atoms in total. The highest BCUT2D eigenvalue weighted by molar-refractivity contribution is 5.98. The van der Waals surface area contributed by atoms with Crippen LogP contribution < -0.4 is 43.4 Å². The van der Waals surface area contributed by atoms with E-state index in [-0.39, 0.29) is 64.1 Å². The Morgan fingerprint density at radius 2 is 1.42 bits per heavy atom. The Balaban J connectivity index is 1.32. The average molecular weight is 890 g/mol. The van der Waals surface area contributed by atoms with Crippen molar-refractivity contribution < 1.29 is 33.6 Å². The first-order valence-electron chi connectivity index (χ1n) is 22.1. The van der Waals surface area contributed by atoms with Crippen molar-refractivity contribution in [2.24, 2.45) is 16.5 Å². The number of hydrogen-bond donors (Lipinski definition) is 9. The molecule has 4 aromatic rings. The summed E-state index contributed by atoms with van der Waals surface area (Å²) in [6.45, 7) is 1.75. The van der Waals surface area contributed by atoms with Crippen molar-refractivity contribution in [2.45, 2.75) is 101 Å². The molecule has 0 spiro atoms. The molecule has 2 aliphatic heterocycles. The van der Waals surface area contributed by atoms with Crippen LogP contribution in [0.2, 0.25) is 0 Å². The largest absolute Gasteiger partial charge is 0.370 e. The number of H-pyrrole nitrogens is 1. The number of benzene rings is 3. The maximum absolute atomic E-state index is 14.6. The highest BCUT2D eigenvalue weighted by Gasteiger charge is 2.40. The number of fused-ring (bicyclic) bond motifs is 2. The molecule has 1 aromatic heterocycles. The summed E-state index contributed by atoms with van der Waals surface area (Å²) in [6.07, 6.45) is 3.52. The zero-order valence-electron chi connectivity index (χ0n) is 36.5. The van der Waals surface area contributed by atoms with E-state index in [0.29, 0.717) is 19.3 Å². The lowest BCUT2D eigenvalue weighted by Gasteiger charge is -2.31. The molecule has 0 aliphatic carbocycles. The molecule has 2 fully saturated rings. The number of nitrogens with zero attached hydrogens (tertiary/aromatic N) is 2. The zero-order valence-corrected chi connectivity index (χ0v) is 36.5.